The Labute approximate surface area is 152 Å². The van der Waals surface area contributed by atoms with Crippen molar-refractivity contribution in [1.82, 2.24) is 10.2 Å². The summed E-state index contributed by atoms with van der Waals surface area (Å²) < 4.78 is 6.22. The molecule has 3 N–H and O–H groups in total. The van der Waals surface area contributed by atoms with Gasteiger partial charge in [0.2, 0.25) is 0 Å². The molecule has 0 bridgehead atoms. The number of nitrogens with zero attached hydrogens (tertiary/aromatic N) is 1. The van der Waals surface area contributed by atoms with E-state index in [4.69, 9.17) is 9.84 Å². The number of β-amino-alcohol motifs (C(OH)–C–C–N with tert-alkyl or cyclic N) is 1. The zero-order chi connectivity index (χ0) is 18.0. The highest BCUT2D eigenvalue weighted by Gasteiger charge is 2.42. The number of ether oxygens (including phenoxy) is 1. The molecule has 140 valence electrons. The zero-order valence-corrected chi connectivity index (χ0v) is 15.8. The molecule has 2 aliphatic rings. The molecule has 0 aromatic carbocycles. The molecule has 2 aliphatic heterocycles. The molecule has 0 radical (unpaired) electrons. The number of piperidine rings is 1. The fourth-order valence-electron chi connectivity index (χ4n) is 3.73. The maximum Gasteiger partial charge on any atom is 0.261 e. The molecule has 1 unspecified atom stereocenters. The van der Waals surface area contributed by atoms with E-state index >= 15 is 0 Å². The molecule has 1 fully saturated rings. The third-order valence-electron chi connectivity index (χ3n) is 4.99. The number of nitrogens with one attached hydrogen (secondary N) is 1. The van der Waals surface area contributed by atoms with Gasteiger partial charge >= 0.3 is 0 Å². The van der Waals surface area contributed by atoms with Crippen LogP contribution in [0.15, 0.2) is 6.07 Å². The van der Waals surface area contributed by atoms with E-state index in [9.17, 15) is 9.90 Å². The molecule has 6 nitrogen and oxygen atoms in total. The smallest absolute Gasteiger partial charge is 0.261 e. The predicted octanol–water partition coefficient (Wildman–Crippen LogP) is 1.10. The van der Waals surface area contributed by atoms with Crippen LogP contribution < -0.4 is 5.32 Å². The van der Waals surface area contributed by atoms with Gasteiger partial charge in [-0.3, -0.25) is 4.79 Å². The van der Waals surface area contributed by atoms with Gasteiger partial charge in [-0.25, -0.2) is 0 Å². The van der Waals surface area contributed by atoms with Crippen LogP contribution in [0.3, 0.4) is 0 Å². The van der Waals surface area contributed by atoms with Crippen molar-refractivity contribution < 1.29 is 19.7 Å². The fraction of sp³-hybridized carbons (Fsp3) is 0.722. The molecular formula is C18H28N2O4S. The van der Waals surface area contributed by atoms with E-state index in [0.717, 1.165) is 37.2 Å². The molecule has 1 saturated heterocycles. The Kier molecular flexibility index (Phi) is 5.80. The van der Waals surface area contributed by atoms with Gasteiger partial charge in [-0.1, -0.05) is 0 Å². The minimum absolute atomic E-state index is 0.00643. The number of rotatable bonds is 5. The van der Waals surface area contributed by atoms with Crippen molar-refractivity contribution in [3.05, 3.63) is 21.4 Å². The van der Waals surface area contributed by atoms with Crippen molar-refractivity contribution in [3.63, 3.8) is 0 Å². The first-order valence-electron chi connectivity index (χ1n) is 9.03. The quantitative estimate of drug-likeness (QED) is 0.725. The Morgan fingerprint density at radius 3 is 2.80 bits per heavy atom. The van der Waals surface area contributed by atoms with Crippen molar-refractivity contribution in [1.29, 1.82) is 0 Å². The molecule has 1 amide bonds. The van der Waals surface area contributed by atoms with Crippen LogP contribution in [-0.2, 0) is 16.8 Å². The van der Waals surface area contributed by atoms with Crippen molar-refractivity contribution in [2.75, 3.05) is 32.8 Å². The van der Waals surface area contributed by atoms with Crippen LogP contribution in [-0.4, -0.2) is 66.0 Å². The molecule has 0 aliphatic carbocycles. The number of thiophene rings is 1. The third-order valence-corrected chi connectivity index (χ3v) is 6.19. The summed E-state index contributed by atoms with van der Waals surface area (Å²) >= 11 is 1.59. The summed E-state index contributed by atoms with van der Waals surface area (Å²) in [6, 6.07) is 2.15. The van der Waals surface area contributed by atoms with E-state index in [1.54, 1.807) is 11.3 Å². The number of hydrogen-bond donors (Lipinski definition) is 3. The summed E-state index contributed by atoms with van der Waals surface area (Å²) in [5.74, 6) is -0.00643. The number of hydrogen-bond acceptors (Lipinski definition) is 6. The number of aliphatic hydroxyl groups excluding tert-OH is 2. The normalized spacial score (nSPS) is 21.3. The van der Waals surface area contributed by atoms with E-state index in [1.807, 2.05) is 19.9 Å². The van der Waals surface area contributed by atoms with E-state index < -0.39 is 6.10 Å². The second kappa shape index (κ2) is 7.72. The first kappa shape index (κ1) is 18.8. The lowest BCUT2D eigenvalue weighted by Crippen LogP contribution is -2.48. The number of amides is 1. The maximum absolute atomic E-state index is 12.3. The molecule has 1 atom stereocenters. The van der Waals surface area contributed by atoms with Gasteiger partial charge in [0.25, 0.3) is 5.91 Å². The van der Waals surface area contributed by atoms with Gasteiger partial charge in [0.05, 0.1) is 29.8 Å². The summed E-state index contributed by atoms with van der Waals surface area (Å²) in [6.07, 6.45) is 1.87. The van der Waals surface area contributed by atoms with Gasteiger partial charge in [0, 0.05) is 37.0 Å². The van der Waals surface area contributed by atoms with Crippen LogP contribution in [0.2, 0.25) is 0 Å². The van der Waals surface area contributed by atoms with Crippen LogP contribution in [0.5, 0.6) is 0 Å². The standard InChI is InChI=1S/C18H28N2O4S/c1-12(2)19-17(23)16-9-14-15(25-16)3-8-24-18(14)4-6-20(7-5-18)10-13(22)11-21/h9,12-13,21-22H,3-8,10-11H2,1-2H3,(H,19,23). The highest BCUT2D eigenvalue weighted by atomic mass is 32.1. The molecule has 1 aromatic rings. The van der Waals surface area contributed by atoms with Crippen LogP contribution in [0.1, 0.15) is 46.8 Å². The molecule has 3 rings (SSSR count). The Balaban J connectivity index is 1.74. The van der Waals surface area contributed by atoms with Crippen LogP contribution >= 0.6 is 11.3 Å². The lowest BCUT2D eigenvalue weighted by atomic mass is 9.82. The van der Waals surface area contributed by atoms with Gasteiger partial charge in [-0.05, 0) is 38.3 Å². The summed E-state index contributed by atoms with van der Waals surface area (Å²) in [5.41, 5.74) is 0.876. The second-order valence-corrected chi connectivity index (χ2v) is 8.44. The van der Waals surface area contributed by atoms with Gasteiger partial charge in [0.1, 0.15) is 0 Å². The number of fused-ring (bicyclic) bond motifs is 2. The molecule has 0 saturated carbocycles. The summed E-state index contributed by atoms with van der Waals surface area (Å²) in [4.78, 5) is 16.6. The topological polar surface area (TPSA) is 82.0 Å². The Hall–Kier alpha value is -0.990. The van der Waals surface area contributed by atoms with Gasteiger partial charge in [-0.2, -0.15) is 0 Å². The molecule has 25 heavy (non-hydrogen) atoms. The van der Waals surface area contributed by atoms with E-state index in [-0.39, 0.29) is 24.2 Å². The highest BCUT2D eigenvalue weighted by Crippen LogP contribution is 2.44. The molecule has 3 heterocycles. The Bertz CT molecular complexity index is 608. The van der Waals surface area contributed by atoms with Crippen molar-refractivity contribution in [2.24, 2.45) is 0 Å². The average molecular weight is 368 g/mol. The Morgan fingerprint density at radius 1 is 1.44 bits per heavy atom. The van der Waals surface area contributed by atoms with Gasteiger partial charge < -0.3 is 25.2 Å². The largest absolute Gasteiger partial charge is 0.394 e. The van der Waals surface area contributed by atoms with Crippen LogP contribution in [0.25, 0.3) is 0 Å². The Morgan fingerprint density at radius 2 is 2.16 bits per heavy atom. The lowest BCUT2D eigenvalue weighted by Gasteiger charge is -2.44. The van der Waals surface area contributed by atoms with Gasteiger partial charge in [0.15, 0.2) is 0 Å². The van der Waals surface area contributed by atoms with E-state index in [2.05, 4.69) is 10.2 Å². The predicted molar refractivity (Wildman–Crippen MR) is 97.0 cm³/mol. The molecule has 7 heteroatoms. The minimum atomic E-state index is -0.690. The number of likely N-dealkylation sites (tertiary alicyclic amines) is 1. The van der Waals surface area contributed by atoms with Crippen molar-refractivity contribution in [2.45, 2.75) is 50.9 Å². The summed E-state index contributed by atoms with van der Waals surface area (Å²) in [6.45, 7) is 6.54. The lowest BCUT2D eigenvalue weighted by molar-refractivity contribution is -0.101. The number of carbonyl (C=O) groups excluding carboxylic acids is 1. The van der Waals surface area contributed by atoms with E-state index in [1.165, 1.54) is 10.4 Å². The number of carbonyl (C=O) groups is 1. The number of aliphatic hydroxyl groups is 2. The van der Waals surface area contributed by atoms with Crippen LogP contribution in [0.4, 0.5) is 0 Å². The first-order valence-corrected chi connectivity index (χ1v) is 9.84. The summed E-state index contributed by atoms with van der Waals surface area (Å²) in [5, 5.41) is 21.6. The zero-order valence-electron chi connectivity index (χ0n) is 15.0. The minimum Gasteiger partial charge on any atom is -0.394 e. The van der Waals surface area contributed by atoms with Gasteiger partial charge in [-0.15, -0.1) is 11.3 Å². The average Bonchev–Trinajstić information content (AvgIpc) is 3.02. The highest BCUT2D eigenvalue weighted by molar-refractivity contribution is 7.14. The molecule has 1 spiro atoms. The summed E-state index contributed by atoms with van der Waals surface area (Å²) in [7, 11) is 0. The third kappa shape index (κ3) is 4.06. The monoisotopic (exact) mass is 368 g/mol. The molecular weight excluding hydrogens is 340 g/mol. The maximum atomic E-state index is 12.3. The van der Waals surface area contributed by atoms with E-state index in [0.29, 0.717) is 13.2 Å². The fourth-order valence-corrected chi connectivity index (χ4v) is 4.86. The SMILES string of the molecule is CC(C)NC(=O)c1cc2c(s1)CCOC21CCN(CC(O)CO)CC1. The van der Waals surface area contributed by atoms with Crippen molar-refractivity contribution in [3.8, 4) is 0 Å². The van der Waals surface area contributed by atoms with Crippen LogP contribution in [0, 0.1) is 0 Å². The van der Waals surface area contributed by atoms with Crippen molar-refractivity contribution >= 4 is 17.2 Å². The second-order valence-electron chi connectivity index (χ2n) is 7.31. The first-order chi connectivity index (χ1) is 11.9. The molecule has 1 aromatic heterocycles.